The highest BCUT2D eigenvalue weighted by molar-refractivity contribution is 5.49. The lowest BCUT2D eigenvalue weighted by atomic mass is 9.76. The molecule has 0 heterocycles. The Morgan fingerprint density at radius 2 is 1.57 bits per heavy atom. The number of rotatable bonds is 9. The highest BCUT2D eigenvalue weighted by atomic mass is 15.0. The minimum absolute atomic E-state index is 0.209. The minimum atomic E-state index is 0.209. The maximum absolute atomic E-state index is 3.78. The van der Waals surface area contributed by atoms with Crippen LogP contribution in [0.1, 0.15) is 85.6 Å². The van der Waals surface area contributed by atoms with Crippen molar-refractivity contribution in [2.24, 2.45) is 0 Å². The topological polar surface area (TPSA) is 12.0 Å². The van der Waals surface area contributed by atoms with Gasteiger partial charge in [-0.2, -0.15) is 0 Å². The van der Waals surface area contributed by atoms with Crippen molar-refractivity contribution < 1.29 is 0 Å². The fourth-order valence-corrected chi connectivity index (χ4v) is 3.28. The Balaban J connectivity index is 2.99. The van der Waals surface area contributed by atoms with Gasteiger partial charge in [-0.1, -0.05) is 59.6 Å². The summed E-state index contributed by atoms with van der Waals surface area (Å²) in [5.74, 6) is 0. The van der Waals surface area contributed by atoms with Gasteiger partial charge >= 0.3 is 0 Å². The van der Waals surface area contributed by atoms with E-state index in [1.54, 1.807) is 0 Å². The number of hydrogen-bond donors (Lipinski definition) is 1. The molecule has 1 rings (SSSR count). The van der Waals surface area contributed by atoms with E-state index in [0.717, 1.165) is 6.42 Å². The molecule has 0 saturated heterocycles. The molecule has 1 heteroatoms. The molecule has 120 valence electrons. The van der Waals surface area contributed by atoms with Crippen LogP contribution in [0.2, 0.25) is 0 Å². The van der Waals surface area contributed by atoms with Gasteiger partial charge in [-0.15, -0.1) is 0 Å². The second-order valence-corrected chi connectivity index (χ2v) is 7.03. The summed E-state index contributed by atoms with van der Waals surface area (Å²) in [4.78, 5) is 0. The average molecular weight is 290 g/mol. The highest BCUT2D eigenvalue weighted by Gasteiger charge is 2.25. The van der Waals surface area contributed by atoms with E-state index in [4.69, 9.17) is 0 Å². The highest BCUT2D eigenvalue weighted by Crippen LogP contribution is 2.34. The maximum Gasteiger partial charge on any atom is 0.0347 e. The van der Waals surface area contributed by atoms with Crippen molar-refractivity contribution in [1.29, 1.82) is 0 Å². The largest absolute Gasteiger partial charge is 0.380 e. The van der Waals surface area contributed by atoms with Gasteiger partial charge in [0.25, 0.3) is 0 Å². The Morgan fingerprint density at radius 1 is 0.905 bits per heavy atom. The SMILES string of the molecule is CCCC(C)(CC)Nc1cccc(C(C)(CC)CCC)c1. The second kappa shape index (κ2) is 7.87. The van der Waals surface area contributed by atoms with Crippen LogP contribution in [0.5, 0.6) is 0 Å². The smallest absolute Gasteiger partial charge is 0.0347 e. The van der Waals surface area contributed by atoms with Crippen LogP contribution in [-0.4, -0.2) is 5.54 Å². The molecule has 0 bridgehead atoms. The van der Waals surface area contributed by atoms with Gasteiger partial charge in [0.15, 0.2) is 0 Å². The van der Waals surface area contributed by atoms with Gasteiger partial charge in [-0.3, -0.25) is 0 Å². The first-order valence-corrected chi connectivity index (χ1v) is 8.81. The summed E-state index contributed by atoms with van der Waals surface area (Å²) in [6.07, 6.45) is 7.29. The van der Waals surface area contributed by atoms with Crippen LogP contribution in [0.4, 0.5) is 5.69 Å². The Hall–Kier alpha value is -0.980. The van der Waals surface area contributed by atoms with Crippen molar-refractivity contribution in [3.63, 3.8) is 0 Å². The fraction of sp³-hybridized carbons (Fsp3) is 0.700. The van der Waals surface area contributed by atoms with E-state index in [-0.39, 0.29) is 5.54 Å². The summed E-state index contributed by atoms with van der Waals surface area (Å²) < 4.78 is 0. The van der Waals surface area contributed by atoms with Gasteiger partial charge in [0, 0.05) is 11.2 Å². The zero-order valence-electron chi connectivity index (χ0n) is 15.1. The van der Waals surface area contributed by atoms with E-state index in [1.165, 1.54) is 43.4 Å². The van der Waals surface area contributed by atoms with Crippen molar-refractivity contribution >= 4 is 5.69 Å². The van der Waals surface area contributed by atoms with Crippen LogP contribution >= 0.6 is 0 Å². The lowest BCUT2D eigenvalue weighted by Gasteiger charge is -2.33. The van der Waals surface area contributed by atoms with Crippen molar-refractivity contribution in [2.45, 2.75) is 91.0 Å². The predicted octanol–water partition coefficient (Wildman–Crippen LogP) is 6.54. The number of anilines is 1. The molecule has 2 atom stereocenters. The molecule has 0 aliphatic rings. The first kappa shape index (κ1) is 18.1. The van der Waals surface area contributed by atoms with E-state index in [0.29, 0.717) is 5.41 Å². The minimum Gasteiger partial charge on any atom is -0.380 e. The van der Waals surface area contributed by atoms with Crippen LogP contribution < -0.4 is 5.32 Å². The molecule has 0 amide bonds. The van der Waals surface area contributed by atoms with Crippen LogP contribution in [0.15, 0.2) is 24.3 Å². The molecule has 0 aliphatic carbocycles. The van der Waals surface area contributed by atoms with E-state index >= 15 is 0 Å². The molecule has 0 saturated carbocycles. The summed E-state index contributed by atoms with van der Waals surface area (Å²) in [6, 6.07) is 9.11. The summed E-state index contributed by atoms with van der Waals surface area (Å²) >= 11 is 0. The lowest BCUT2D eigenvalue weighted by Crippen LogP contribution is -2.33. The molecule has 1 nitrogen and oxygen atoms in total. The van der Waals surface area contributed by atoms with Crippen LogP contribution in [0, 0.1) is 0 Å². The molecule has 21 heavy (non-hydrogen) atoms. The van der Waals surface area contributed by atoms with Crippen LogP contribution in [0.25, 0.3) is 0 Å². The van der Waals surface area contributed by atoms with Gasteiger partial charge in [0.05, 0.1) is 0 Å². The number of nitrogens with one attached hydrogen (secondary N) is 1. The van der Waals surface area contributed by atoms with Gasteiger partial charge < -0.3 is 5.32 Å². The molecule has 0 fully saturated rings. The molecule has 1 aromatic rings. The second-order valence-electron chi connectivity index (χ2n) is 7.03. The summed E-state index contributed by atoms with van der Waals surface area (Å²) in [7, 11) is 0. The van der Waals surface area contributed by atoms with Gasteiger partial charge in [0.2, 0.25) is 0 Å². The normalized spacial score (nSPS) is 17.0. The third-order valence-electron chi connectivity index (χ3n) is 5.17. The van der Waals surface area contributed by atoms with Crippen LogP contribution in [-0.2, 0) is 5.41 Å². The van der Waals surface area contributed by atoms with E-state index in [2.05, 4.69) is 71.1 Å². The van der Waals surface area contributed by atoms with E-state index in [9.17, 15) is 0 Å². The van der Waals surface area contributed by atoms with E-state index in [1.807, 2.05) is 0 Å². The molecule has 0 aromatic heterocycles. The van der Waals surface area contributed by atoms with Gasteiger partial charge in [-0.25, -0.2) is 0 Å². The predicted molar refractivity (Wildman–Crippen MR) is 96.2 cm³/mol. The lowest BCUT2D eigenvalue weighted by molar-refractivity contribution is 0.413. The molecule has 2 unspecified atom stereocenters. The van der Waals surface area contributed by atoms with Gasteiger partial charge in [-0.05, 0) is 55.7 Å². The molecule has 1 aromatic carbocycles. The Bertz CT molecular complexity index is 426. The molecular formula is C20H35N. The first-order valence-electron chi connectivity index (χ1n) is 8.81. The van der Waals surface area contributed by atoms with Gasteiger partial charge in [0.1, 0.15) is 0 Å². The zero-order chi connectivity index (χ0) is 15.9. The third-order valence-corrected chi connectivity index (χ3v) is 5.17. The quantitative estimate of drug-likeness (QED) is 0.544. The molecule has 0 aliphatic heterocycles. The monoisotopic (exact) mass is 289 g/mol. The van der Waals surface area contributed by atoms with E-state index < -0.39 is 0 Å². The fourth-order valence-electron chi connectivity index (χ4n) is 3.28. The Labute approximate surface area is 132 Å². The molecular weight excluding hydrogens is 254 g/mol. The molecule has 1 N–H and O–H groups in total. The summed E-state index contributed by atoms with van der Waals surface area (Å²) in [5, 5.41) is 3.78. The third kappa shape index (κ3) is 4.76. The summed E-state index contributed by atoms with van der Waals surface area (Å²) in [5.41, 5.74) is 3.27. The Kier molecular flexibility index (Phi) is 6.77. The average Bonchev–Trinajstić information content (AvgIpc) is 2.48. The Morgan fingerprint density at radius 3 is 2.10 bits per heavy atom. The first-order chi connectivity index (χ1) is 9.93. The van der Waals surface area contributed by atoms with Crippen molar-refractivity contribution in [3.05, 3.63) is 29.8 Å². The number of hydrogen-bond acceptors (Lipinski definition) is 1. The summed E-state index contributed by atoms with van der Waals surface area (Å²) in [6.45, 7) is 13.9. The molecule has 0 spiro atoms. The zero-order valence-corrected chi connectivity index (χ0v) is 15.1. The van der Waals surface area contributed by atoms with Crippen molar-refractivity contribution in [1.82, 2.24) is 0 Å². The van der Waals surface area contributed by atoms with Crippen molar-refractivity contribution in [2.75, 3.05) is 5.32 Å². The molecule has 0 radical (unpaired) electrons. The van der Waals surface area contributed by atoms with Crippen molar-refractivity contribution in [3.8, 4) is 0 Å². The number of benzene rings is 1. The maximum atomic E-state index is 3.78. The van der Waals surface area contributed by atoms with Crippen LogP contribution in [0.3, 0.4) is 0 Å². The standard InChI is InChI=1S/C20H35N/c1-7-14-19(5,9-3)17-12-11-13-18(16-17)21-20(6,10-4)15-8-2/h11-13,16,21H,7-10,14-15H2,1-6H3.